The van der Waals surface area contributed by atoms with Crippen LogP contribution < -0.4 is 0 Å². The normalized spacial score (nSPS) is 24.6. The molecule has 1 aliphatic carbocycles. The Bertz CT molecular complexity index is 175. The lowest BCUT2D eigenvalue weighted by Gasteiger charge is -2.39. The summed E-state index contributed by atoms with van der Waals surface area (Å²) in [5.74, 6) is 0.572. The zero-order chi connectivity index (χ0) is 10.8. The Morgan fingerprint density at radius 1 is 1.14 bits per heavy atom. The van der Waals surface area contributed by atoms with Crippen LogP contribution in [0.1, 0.15) is 39.0 Å². The molecule has 1 N–H and O–H groups in total. The number of hydrogen-bond donors (Lipinski definition) is 1. The molecule has 0 saturated heterocycles. The van der Waals surface area contributed by atoms with Crippen molar-refractivity contribution in [2.45, 2.75) is 70.3 Å². The van der Waals surface area contributed by atoms with Gasteiger partial charge in [0.25, 0.3) is 0 Å². The standard InChI is InChI=1S/C12H26OSi/c1-12(13,10-14(2,3)4)11-8-6-5-7-9-11/h11,13H,5-10H2,1-4H3. The van der Waals surface area contributed by atoms with Gasteiger partial charge in [-0.3, -0.25) is 0 Å². The molecular weight excluding hydrogens is 188 g/mol. The van der Waals surface area contributed by atoms with E-state index in [2.05, 4.69) is 26.6 Å². The van der Waals surface area contributed by atoms with E-state index in [1.54, 1.807) is 0 Å². The molecule has 1 aliphatic rings. The first-order valence-electron chi connectivity index (χ1n) is 6.04. The topological polar surface area (TPSA) is 20.2 Å². The van der Waals surface area contributed by atoms with E-state index in [1.807, 2.05) is 0 Å². The SMILES string of the molecule is CC(O)(C[Si](C)(C)C)C1CCCCC1. The number of aliphatic hydroxyl groups is 1. The fourth-order valence-electron chi connectivity index (χ4n) is 2.94. The van der Waals surface area contributed by atoms with Crippen LogP contribution in [0, 0.1) is 5.92 Å². The molecule has 1 unspecified atom stereocenters. The summed E-state index contributed by atoms with van der Waals surface area (Å²) < 4.78 is 0. The molecular formula is C12H26OSi. The Balaban J connectivity index is 2.54. The molecule has 14 heavy (non-hydrogen) atoms. The summed E-state index contributed by atoms with van der Waals surface area (Å²) in [7, 11) is -1.13. The third kappa shape index (κ3) is 3.74. The van der Waals surface area contributed by atoms with E-state index in [9.17, 15) is 5.11 Å². The Morgan fingerprint density at radius 3 is 2.07 bits per heavy atom. The lowest BCUT2D eigenvalue weighted by Crippen LogP contribution is -2.42. The van der Waals surface area contributed by atoms with Crippen LogP contribution >= 0.6 is 0 Å². The first kappa shape index (κ1) is 12.2. The first-order valence-corrected chi connectivity index (χ1v) is 9.74. The summed E-state index contributed by atoms with van der Waals surface area (Å²) in [5.41, 5.74) is -0.384. The van der Waals surface area contributed by atoms with Crippen molar-refractivity contribution in [1.82, 2.24) is 0 Å². The molecule has 0 spiro atoms. The van der Waals surface area contributed by atoms with Gasteiger partial charge < -0.3 is 5.11 Å². The molecule has 0 radical (unpaired) electrons. The van der Waals surface area contributed by atoms with Gasteiger partial charge in [-0.2, -0.15) is 0 Å². The van der Waals surface area contributed by atoms with E-state index in [-0.39, 0.29) is 5.60 Å². The summed E-state index contributed by atoms with van der Waals surface area (Å²) in [4.78, 5) is 0. The van der Waals surface area contributed by atoms with Gasteiger partial charge in [-0.15, -0.1) is 0 Å². The smallest absolute Gasteiger partial charge is 0.0624 e. The molecule has 0 bridgehead atoms. The lowest BCUT2D eigenvalue weighted by molar-refractivity contribution is -0.000241. The quantitative estimate of drug-likeness (QED) is 0.711. The van der Waals surface area contributed by atoms with Crippen LogP contribution in [0.5, 0.6) is 0 Å². The molecule has 0 aliphatic heterocycles. The van der Waals surface area contributed by atoms with Gasteiger partial charge in [-0.05, 0) is 31.7 Å². The number of hydrogen-bond acceptors (Lipinski definition) is 1. The van der Waals surface area contributed by atoms with E-state index >= 15 is 0 Å². The minimum atomic E-state index is -1.13. The minimum Gasteiger partial charge on any atom is -0.390 e. The van der Waals surface area contributed by atoms with Gasteiger partial charge >= 0.3 is 0 Å². The van der Waals surface area contributed by atoms with Gasteiger partial charge in [-0.1, -0.05) is 38.9 Å². The van der Waals surface area contributed by atoms with Gasteiger partial charge in [0, 0.05) is 8.07 Å². The molecule has 1 fully saturated rings. The average molecular weight is 214 g/mol. The van der Waals surface area contributed by atoms with Crippen molar-refractivity contribution in [3.05, 3.63) is 0 Å². The highest BCUT2D eigenvalue weighted by molar-refractivity contribution is 6.76. The van der Waals surface area contributed by atoms with E-state index < -0.39 is 8.07 Å². The van der Waals surface area contributed by atoms with E-state index in [1.165, 1.54) is 32.1 Å². The predicted octanol–water partition coefficient (Wildman–Crippen LogP) is 3.66. The second kappa shape index (κ2) is 4.36. The maximum Gasteiger partial charge on any atom is 0.0624 e. The van der Waals surface area contributed by atoms with Gasteiger partial charge in [0.2, 0.25) is 0 Å². The predicted molar refractivity (Wildman–Crippen MR) is 65.4 cm³/mol. The van der Waals surface area contributed by atoms with Crippen molar-refractivity contribution >= 4 is 8.07 Å². The van der Waals surface area contributed by atoms with Crippen molar-refractivity contribution in [3.63, 3.8) is 0 Å². The van der Waals surface area contributed by atoms with Crippen LogP contribution in [0.15, 0.2) is 0 Å². The van der Waals surface area contributed by atoms with Crippen LogP contribution in [0.2, 0.25) is 25.7 Å². The van der Waals surface area contributed by atoms with Crippen LogP contribution in [0.4, 0.5) is 0 Å². The van der Waals surface area contributed by atoms with Gasteiger partial charge in [0.15, 0.2) is 0 Å². The second-order valence-electron chi connectivity index (χ2n) is 6.43. The fourth-order valence-corrected chi connectivity index (χ4v) is 5.38. The van der Waals surface area contributed by atoms with Gasteiger partial charge in [-0.25, -0.2) is 0 Å². The van der Waals surface area contributed by atoms with Crippen LogP contribution in [-0.4, -0.2) is 18.8 Å². The third-order valence-corrected chi connectivity index (χ3v) is 5.15. The van der Waals surface area contributed by atoms with Crippen molar-refractivity contribution < 1.29 is 5.11 Å². The van der Waals surface area contributed by atoms with Crippen molar-refractivity contribution in [2.75, 3.05) is 0 Å². The molecule has 0 heterocycles. The van der Waals surface area contributed by atoms with Crippen molar-refractivity contribution in [3.8, 4) is 0 Å². The van der Waals surface area contributed by atoms with Gasteiger partial charge in [0.05, 0.1) is 5.60 Å². The molecule has 0 amide bonds. The first-order chi connectivity index (χ1) is 6.31. The third-order valence-electron chi connectivity index (χ3n) is 3.37. The highest BCUT2D eigenvalue weighted by Gasteiger charge is 2.36. The maximum atomic E-state index is 10.5. The Hall–Kier alpha value is 0.177. The van der Waals surface area contributed by atoms with E-state index in [0.717, 1.165) is 6.04 Å². The summed E-state index contributed by atoms with van der Waals surface area (Å²) in [6.45, 7) is 9.13. The Kier molecular flexibility index (Phi) is 3.81. The molecule has 1 atom stereocenters. The Labute approximate surface area is 89.9 Å². The minimum absolute atomic E-state index is 0.384. The van der Waals surface area contributed by atoms with Crippen molar-refractivity contribution in [2.24, 2.45) is 5.92 Å². The Morgan fingerprint density at radius 2 is 1.64 bits per heavy atom. The number of rotatable bonds is 3. The molecule has 1 saturated carbocycles. The zero-order valence-corrected chi connectivity index (χ0v) is 11.3. The molecule has 0 aromatic rings. The molecule has 1 rings (SSSR count). The average Bonchev–Trinajstić information content (AvgIpc) is 2.01. The second-order valence-corrected chi connectivity index (χ2v) is 11.9. The van der Waals surface area contributed by atoms with E-state index in [0.29, 0.717) is 5.92 Å². The molecule has 0 aromatic heterocycles. The van der Waals surface area contributed by atoms with Crippen LogP contribution in [0.3, 0.4) is 0 Å². The molecule has 84 valence electrons. The summed E-state index contributed by atoms with van der Waals surface area (Å²) >= 11 is 0. The summed E-state index contributed by atoms with van der Waals surface area (Å²) in [6.07, 6.45) is 6.52. The van der Waals surface area contributed by atoms with Crippen LogP contribution in [0.25, 0.3) is 0 Å². The lowest BCUT2D eigenvalue weighted by atomic mass is 9.79. The highest BCUT2D eigenvalue weighted by atomic mass is 28.3. The van der Waals surface area contributed by atoms with E-state index in [4.69, 9.17) is 0 Å². The molecule has 0 aromatic carbocycles. The van der Waals surface area contributed by atoms with Crippen molar-refractivity contribution in [1.29, 1.82) is 0 Å². The zero-order valence-electron chi connectivity index (χ0n) is 10.3. The summed E-state index contributed by atoms with van der Waals surface area (Å²) in [5, 5.41) is 10.5. The fraction of sp³-hybridized carbons (Fsp3) is 1.00. The highest BCUT2D eigenvalue weighted by Crippen LogP contribution is 2.37. The van der Waals surface area contributed by atoms with Crippen LogP contribution in [-0.2, 0) is 0 Å². The molecule has 2 heteroatoms. The van der Waals surface area contributed by atoms with Gasteiger partial charge in [0.1, 0.15) is 0 Å². The maximum absolute atomic E-state index is 10.5. The molecule has 1 nitrogen and oxygen atoms in total. The summed E-state index contributed by atoms with van der Waals surface area (Å²) in [6, 6.07) is 1.06. The monoisotopic (exact) mass is 214 g/mol. The largest absolute Gasteiger partial charge is 0.390 e.